The van der Waals surface area contributed by atoms with Gasteiger partial charge in [-0.1, -0.05) is 12.1 Å². The van der Waals surface area contributed by atoms with Gasteiger partial charge in [0, 0.05) is 12.6 Å². The van der Waals surface area contributed by atoms with Gasteiger partial charge in [0.05, 0.1) is 5.69 Å². The van der Waals surface area contributed by atoms with Gasteiger partial charge in [-0.2, -0.15) is 0 Å². The van der Waals surface area contributed by atoms with Gasteiger partial charge < -0.3 is 5.73 Å². The summed E-state index contributed by atoms with van der Waals surface area (Å²) in [6.07, 6.45) is 6.57. The molecular weight excluding hydrogens is 164 g/mol. The van der Waals surface area contributed by atoms with Crippen LogP contribution in [0, 0.1) is 0 Å². The van der Waals surface area contributed by atoms with Gasteiger partial charge in [-0.3, -0.25) is 9.78 Å². The first-order valence-corrected chi connectivity index (χ1v) is 4.15. The number of carbonyl (C=O) groups excluding carboxylic acids is 1. The van der Waals surface area contributed by atoms with Crippen molar-refractivity contribution in [3.63, 3.8) is 0 Å². The van der Waals surface area contributed by atoms with Crippen molar-refractivity contribution < 1.29 is 4.79 Å². The molecule has 13 heavy (non-hydrogen) atoms. The highest BCUT2D eigenvalue weighted by molar-refractivity contribution is 5.73. The van der Waals surface area contributed by atoms with Gasteiger partial charge in [0.15, 0.2) is 0 Å². The second kappa shape index (κ2) is 5.09. The molecule has 0 aromatic carbocycles. The normalized spacial score (nSPS) is 10.5. The first kappa shape index (κ1) is 9.45. The zero-order valence-corrected chi connectivity index (χ0v) is 7.31. The molecule has 1 rings (SSSR count). The quantitative estimate of drug-likeness (QED) is 0.753. The van der Waals surface area contributed by atoms with Crippen molar-refractivity contribution in [2.24, 2.45) is 5.73 Å². The van der Waals surface area contributed by atoms with Gasteiger partial charge in [-0.05, 0) is 24.6 Å². The average molecular weight is 176 g/mol. The van der Waals surface area contributed by atoms with Crippen LogP contribution < -0.4 is 5.73 Å². The van der Waals surface area contributed by atoms with Crippen molar-refractivity contribution in [3.05, 3.63) is 36.2 Å². The lowest BCUT2D eigenvalue weighted by atomic mass is 10.2. The third-order valence-electron chi connectivity index (χ3n) is 1.53. The number of rotatable bonds is 4. The summed E-state index contributed by atoms with van der Waals surface area (Å²) < 4.78 is 0. The fourth-order valence-corrected chi connectivity index (χ4v) is 0.904. The van der Waals surface area contributed by atoms with E-state index in [2.05, 4.69) is 4.98 Å². The number of pyridine rings is 1. The molecular formula is C10H12N2O. The molecule has 0 aliphatic rings. The van der Waals surface area contributed by atoms with Crippen LogP contribution in [0.25, 0.3) is 6.08 Å². The molecule has 68 valence electrons. The molecule has 0 unspecified atom stereocenters. The fraction of sp³-hybridized carbons (Fsp3) is 0.200. The molecule has 1 aromatic heterocycles. The molecule has 0 aliphatic carbocycles. The highest BCUT2D eigenvalue weighted by Crippen LogP contribution is 1.98. The van der Waals surface area contributed by atoms with Gasteiger partial charge in [0.2, 0.25) is 5.91 Å². The second-order valence-corrected chi connectivity index (χ2v) is 2.66. The Kier molecular flexibility index (Phi) is 3.70. The Morgan fingerprint density at radius 3 is 3.00 bits per heavy atom. The number of carbonyl (C=O) groups is 1. The number of aromatic nitrogens is 1. The maximum absolute atomic E-state index is 10.4. The molecule has 0 fully saturated rings. The van der Waals surface area contributed by atoms with Crippen molar-refractivity contribution >= 4 is 12.0 Å². The summed E-state index contributed by atoms with van der Waals surface area (Å²) in [5.41, 5.74) is 5.88. The first-order valence-electron chi connectivity index (χ1n) is 4.15. The van der Waals surface area contributed by atoms with E-state index in [0.29, 0.717) is 12.8 Å². The summed E-state index contributed by atoms with van der Waals surface area (Å²) in [6.45, 7) is 0. The molecule has 0 aliphatic heterocycles. The molecule has 1 heterocycles. The Bertz CT molecular complexity index is 293. The summed E-state index contributed by atoms with van der Waals surface area (Å²) in [5.74, 6) is -0.273. The average Bonchev–Trinajstić information content (AvgIpc) is 2.14. The van der Waals surface area contributed by atoms with E-state index in [1.165, 1.54) is 0 Å². The monoisotopic (exact) mass is 176 g/mol. The van der Waals surface area contributed by atoms with E-state index in [9.17, 15) is 4.79 Å². The summed E-state index contributed by atoms with van der Waals surface area (Å²) >= 11 is 0. The zero-order chi connectivity index (χ0) is 9.52. The van der Waals surface area contributed by atoms with Crippen LogP contribution in [0.2, 0.25) is 0 Å². The van der Waals surface area contributed by atoms with Gasteiger partial charge in [0.25, 0.3) is 0 Å². The number of hydrogen-bond donors (Lipinski definition) is 1. The topological polar surface area (TPSA) is 56.0 Å². The minimum absolute atomic E-state index is 0.273. The molecule has 3 heteroatoms. The minimum atomic E-state index is -0.273. The molecule has 0 saturated heterocycles. The number of allylic oxidation sites excluding steroid dienone is 1. The van der Waals surface area contributed by atoms with Crippen molar-refractivity contribution in [3.8, 4) is 0 Å². The van der Waals surface area contributed by atoms with Crippen molar-refractivity contribution in [2.75, 3.05) is 0 Å². The Labute approximate surface area is 77.3 Å². The Hall–Kier alpha value is -1.64. The molecule has 0 bridgehead atoms. The maximum Gasteiger partial charge on any atom is 0.217 e. The lowest BCUT2D eigenvalue weighted by molar-refractivity contribution is -0.117. The lowest BCUT2D eigenvalue weighted by Crippen LogP contribution is -2.08. The number of nitrogens with zero attached hydrogens (tertiary/aromatic N) is 1. The summed E-state index contributed by atoms with van der Waals surface area (Å²) in [4.78, 5) is 14.5. The van der Waals surface area contributed by atoms with E-state index < -0.39 is 0 Å². The van der Waals surface area contributed by atoms with E-state index in [-0.39, 0.29) is 5.91 Å². The zero-order valence-electron chi connectivity index (χ0n) is 7.31. The van der Waals surface area contributed by atoms with Gasteiger partial charge in [-0.25, -0.2) is 0 Å². The molecule has 0 spiro atoms. The van der Waals surface area contributed by atoms with Crippen LogP contribution in [0.15, 0.2) is 30.5 Å². The van der Waals surface area contributed by atoms with Gasteiger partial charge in [-0.15, -0.1) is 0 Å². The van der Waals surface area contributed by atoms with Crippen molar-refractivity contribution in [1.82, 2.24) is 4.98 Å². The molecule has 0 saturated carbocycles. The van der Waals surface area contributed by atoms with Crippen molar-refractivity contribution in [1.29, 1.82) is 0 Å². The molecule has 0 atom stereocenters. The van der Waals surface area contributed by atoms with Crippen LogP contribution >= 0.6 is 0 Å². The number of hydrogen-bond acceptors (Lipinski definition) is 2. The largest absolute Gasteiger partial charge is 0.370 e. The fourth-order valence-electron chi connectivity index (χ4n) is 0.904. The number of amides is 1. The van der Waals surface area contributed by atoms with Crippen LogP contribution in [0.4, 0.5) is 0 Å². The first-order chi connectivity index (χ1) is 6.29. The summed E-state index contributed by atoms with van der Waals surface area (Å²) in [5, 5.41) is 0. The van der Waals surface area contributed by atoms with Crippen molar-refractivity contribution in [2.45, 2.75) is 12.8 Å². The van der Waals surface area contributed by atoms with E-state index in [1.54, 1.807) is 6.20 Å². The molecule has 1 amide bonds. The lowest BCUT2D eigenvalue weighted by Gasteiger charge is -1.90. The predicted octanol–water partition coefficient (Wildman–Crippen LogP) is 1.36. The molecule has 0 radical (unpaired) electrons. The number of nitrogens with two attached hydrogens (primary N) is 1. The molecule has 3 nitrogen and oxygen atoms in total. The standard InChI is InChI=1S/C10H12N2O/c11-10(13)7-2-1-5-9-6-3-4-8-12-9/h1,3-6,8H,2,7H2,(H2,11,13). The predicted molar refractivity (Wildman–Crippen MR) is 51.7 cm³/mol. The van der Waals surface area contributed by atoms with Crippen LogP contribution in [0.1, 0.15) is 18.5 Å². The van der Waals surface area contributed by atoms with E-state index in [4.69, 9.17) is 5.73 Å². The molecule has 2 N–H and O–H groups in total. The Morgan fingerprint density at radius 1 is 1.54 bits per heavy atom. The Balaban J connectivity index is 2.37. The minimum Gasteiger partial charge on any atom is -0.370 e. The SMILES string of the molecule is NC(=O)CCC=Cc1ccccn1. The highest BCUT2D eigenvalue weighted by atomic mass is 16.1. The van der Waals surface area contributed by atoms with E-state index >= 15 is 0 Å². The van der Waals surface area contributed by atoms with Crippen LogP contribution in [-0.2, 0) is 4.79 Å². The van der Waals surface area contributed by atoms with Crippen LogP contribution in [-0.4, -0.2) is 10.9 Å². The van der Waals surface area contributed by atoms with Crippen LogP contribution in [0.3, 0.4) is 0 Å². The van der Waals surface area contributed by atoms with Gasteiger partial charge in [0.1, 0.15) is 0 Å². The number of primary amides is 1. The maximum atomic E-state index is 10.4. The van der Waals surface area contributed by atoms with E-state index in [1.807, 2.05) is 30.4 Å². The summed E-state index contributed by atoms with van der Waals surface area (Å²) in [6, 6.07) is 5.68. The Morgan fingerprint density at radius 2 is 2.38 bits per heavy atom. The highest BCUT2D eigenvalue weighted by Gasteiger charge is 1.89. The summed E-state index contributed by atoms with van der Waals surface area (Å²) in [7, 11) is 0. The second-order valence-electron chi connectivity index (χ2n) is 2.66. The third kappa shape index (κ3) is 4.06. The smallest absolute Gasteiger partial charge is 0.217 e. The van der Waals surface area contributed by atoms with Gasteiger partial charge >= 0.3 is 0 Å². The van der Waals surface area contributed by atoms with E-state index in [0.717, 1.165) is 5.69 Å². The third-order valence-corrected chi connectivity index (χ3v) is 1.53. The van der Waals surface area contributed by atoms with Crippen LogP contribution in [0.5, 0.6) is 0 Å². The molecule has 1 aromatic rings.